The Bertz CT molecular complexity index is 534. The largest absolute Gasteiger partial charge is 0.336 e. The third-order valence-electron chi connectivity index (χ3n) is 3.61. The van der Waals surface area contributed by atoms with Crippen LogP contribution in [-0.2, 0) is 0 Å². The van der Waals surface area contributed by atoms with Gasteiger partial charge in [0, 0.05) is 36.6 Å². The summed E-state index contributed by atoms with van der Waals surface area (Å²) >= 11 is 4.25. The molecule has 19 heavy (non-hydrogen) atoms. The molecule has 1 N–H and O–H groups in total. The average Bonchev–Trinajstić information content (AvgIpc) is 2.79. The van der Waals surface area contributed by atoms with E-state index in [0.29, 0.717) is 31.7 Å². The molecular weight excluding hydrogens is 262 g/mol. The van der Waals surface area contributed by atoms with Crippen molar-refractivity contribution in [2.24, 2.45) is 0 Å². The summed E-state index contributed by atoms with van der Waals surface area (Å²) in [4.78, 5) is 28.3. The second-order valence-electron chi connectivity index (χ2n) is 4.83. The van der Waals surface area contributed by atoms with Gasteiger partial charge in [-0.15, -0.1) is 12.6 Å². The van der Waals surface area contributed by atoms with Crippen molar-refractivity contribution in [2.45, 2.75) is 10.9 Å². The Morgan fingerprint density at radius 3 is 3.00 bits per heavy atom. The monoisotopic (exact) mass is 277 g/mol. The lowest BCUT2D eigenvalue weighted by molar-refractivity contribution is 0.0616. The second kappa shape index (κ2) is 4.77. The van der Waals surface area contributed by atoms with Gasteiger partial charge in [0.15, 0.2) is 0 Å². The zero-order valence-corrected chi connectivity index (χ0v) is 11.3. The third kappa shape index (κ3) is 2.28. The van der Waals surface area contributed by atoms with Crippen molar-refractivity contribution < 1.29 is 9.59 Å². The highest BCUT2D eigenvalue weighted by atomic mass is 32.1. The van der Waals surface area contributed by atoms with E-state index >= 15 is 0 Å². The molecular formula is C13H15N3O2S. The molecule has 0 radical (unpaired) electrons. The fourth-order valence-corrected chi connectivity index (χ4v) is 2.84. The molecule has 1 aromatic carbocycles. The van der Waals surface area contributed by atoms with Gasteiger partial charge in [-0.3, -0.25) is 4.79 Å². The van der Waals surface area contributed by atoms with Gasteiger partial charge in [-0.1, -0.05) is 6.07 Å². The first kappa shape index (κ1) is 12.3. The molecule has 2 aliphatic heterocycles. The van der Waals surface area contributed by atoms with E-state index in [-0.39, 0.29) is 18.0 Å². The van der Waals surface area contributed by atoms with Crippen molar-refractivity contribution in [3.63, 3.8) is 0 Å². The van der Waals surface area contributed by atoms with Crippen LogP contribution in [0.3, 0.4) is 0 Å². The number of carbonyl (C=O) groups is 2. The van der Waals surface area contributed by atoms with E-state index in [1.807, 2.05) is 17.0 Å². The number of nitrogens with one attached hydrogen (secondary N) is 1. The van der Waals surface area contributed by atoms with Crippen molar-refractivity contribution in [1.29, 1.82) is 0 Å². The maximum Gasteiger partial charge on any atom is 0.317 e. The van der Waals surface area contributed by atoms with Crippen molar-refractivity contribution in [2.75, 3.05) is 26.2 Å². The van der Waals surface area contributed by atoms with Gasteiger partial charge in [0.25, 0.3) is 5.91 Å². The molecule has 0 spiro atoms. The minimum absolute atomic E-state index is 0.00917. The molecule has 2 saturated heterocycles. The Hall–Kier alpha value is -1.69. The summed E-state index contributed by atoms with van der Waals surface area (Å²) in [7, 11) is 0. The van der Waals surface area contributed by atoms with Gasteiger partial charge in [-0.2, -0.15) is 0 Å². The first-order valence-corrected chi connectivity index (χ1v) is 6.72. The lowest BCUT2D eigenvalue weighted by atomic mass is 10.1. The lowest BCUT2D eigenvalue weighted by Gasteiger charge is -2.36. The summed E-state index contributed by atoms with van der Waals surface area (Å²) in [5.41, 5.74) is 0.651. The summed E-state index contributed by atoms with van der Waals surface area (Å²) in [5, 5.41) is 2.81. The number of nitrogens with zero attached hydrogens (tertiary/aromatic N) is 2. The summed E-state index contributed by atoms with van der Waals surface area (Å²) in [6.45, 7) is 2.39. The minimum Gasteiger partial charge on any atom is -0.336 e. The molecule has 5 nitrogen and oxygen atoms in total. The van der Waals surface area contributed by atoms with Gasteiger partial charge < -0.3 is 15.1 Å². The second-order valence-corrected chi connectivity index (χ2v) is 5.35. The quantitative estimate of drug-likeness (QED) is 0.747. The molecule has 0 aliphatic carbocycles. The molecule has 1 aromatic rings. The van der Waals surface area contributed by atoms with Crippen LogP contribution in [0.5, 0.6) is 0 Å². The van der Waals surface area contributed by atoms with Crippen LogP contribution in [-0.4, -0.2) is 54.0 Å². The van der Waals surface area contributed by atoms with E-state index in [4.69, 9.17) is 0 Å². The highest BCUT2D eigenvalue weighted by Gasteiger charge is 2.36. The van der Waals surface area contributed by atoms with Crippen molar-refractivity contribution in [1.82, 2.24) is 15.1 Å². The normalized spacial score (nSPS) is 22.2. The molecule has 2 heterocycles. The van der Waals surface area contributed by atoms with Gasteiger partial charge in [0.05, 0.1) is 6.04 Å². The van der Waals surface area contributed by atoms with Crippen molar-refractivity contribution in [3.8, 4) is 0 Å². The SMILES string of the molecule is O=C(c1cccc(S)c1)N1CCN2C(=O)NCC2C1. The molecule has 100 valence electrons. The van der Waals surface area contributed by atoms with E-state index in [2.05, 4.69) is 17.9 Å². The van der Waals surface area contributed by atoms with Crippen LogP contribution in [0.15, 0.2) is 29.2 Å². The zero-order chi connectivity index (χ0) is 13.4. The molecule has 1 atom stereocenters. The minimum atomic E-state index is -0.0190. The Morgan fingerprint density at radius 2 is 2.21 bits per heavy atom. The summed E-state index contributed by atoms with van der Waals surface area (Å²) in [6, 6.07) is 7.32. The van der Waals surface area contributed by atoms with Gasteiger partial charge in [0.2, 0.25) is 0 Å². The van der Waals surface area contributed by atoms with Crippen LogP contribution in [0, 0.1) is 0 Å². The number of urea groups is 1. The van der Waals surface area contributed by atoms with Gasteiger partial charge in [-0.05, 0) is 18.2 Å². The maximum absolute atomic E-state index is 12.4. The zero-order valence-electron chi connectivity index (χ0n) is 10.4. The number of rotatable bonds is 1. The highest BCUT2D eigenvalue weighted by molar-refractivity contribution is 7.80. The van der Waals surface area contributed by atoms with Crippen molar-refractivity contribution in [3.05, 3.63) is 29.8 Å². The van der Waals surface area contributed by atoms with Crippen LogP contribution in [0.2, 0.25) is 0 Å². The Labute approximate surface area is 117 Å². The van der Waals surface area contributed by atoms with Crippen LogP contribution in [0.25, 0.3) is 0 Å². The lowest BCUT2D eigenvalue weighted by Crippen LogP contribution is -2.53. The van der Waals surface area contributed by atoms with Gasteiger partial charge in [0.1, 0.15) is 0 Å². The summed E-state index contributed by atoms with van der Waals surface area (Å²) in [6.07, 6.45) is 0. The molecule has 3 amide bonds. The first-order chi connectivity index (χ1) is 9.15. The smallest absolute Gasteiger partial charge is 0.317 e. The third-order valence-corrected chi connectivity index (χ3v) is 3.89. The van der Waals surface area contributed by atoms with Crippen molar-refractivity contribution >= 4 is 24.6 Å². The molecule has 2 aliphatic rings. The van der Waals surface area contributed by atoms with Crippen LogP contribution in [0.1, 0.15) is 10.4 Å². The summed E-state index contributed by atoms with van der Waals surface area (Å²) < 4.78 is 0. The average molecular weight is 277 g/mol. The molecule has 1 unspecified atom stereocenters. The van der Waals surface area contributed by atoms with E-state index in [9.17, 15) is 9.59 Å². The van der Waals surface area contributed by atoms with Gasteiger partial charge in [-0.25, -0.2) is 4.79 Å². The predicted molar refractivity (Wildman–Crippen MR) is 73.5 cm³/mol. The molecule has 0 bridgehead atoms. The standard InChI is InChI=1S/C13H15N3O2S/c17-12(9-2-1-3-11(19)6-9)15-4-5-16-10(8-15)7-14-13(16)18/h1-3,6,10,19H,4-5,7-8H2,(H,14,18). The Kier molecular flexibility index (Phi) is 3.10. The van der Waals surface area contributed by atoms with Crippen LogP contribution in [0.4, 0.5) is 4.79 Å². The number of fused-ring (bicyclic) bond motifs is 1. The Morgan fingerprint density at radius 1 is 1.37 bits per heavy atom. The highest BCUT2D eigenvalue weighted by Crippen LogP contribution is 2.17. The fraction of sp³-hybridized carbons (Fsp3) is 0.385. The maximum atomic E-state index is 12.4. The molecule has 0 saturated carbocycles. The number of hydrogen-bond acceptors (Lipinski definition) is 3. The first-order valence-electron chi connectivity index (χ1n) is 6.28. The number of thiol groups is 1. The number of hydrogen-bond donors (Lipinski definition) is 2. The van der Waals surface area contributed by atoms with Crippen LogP contribution < -0.4 is 5.32 Å². The van der Waals surface area contributed by atoms with Crippen LogP contribution >= 0.6 is 12.6 Å². The number of carbonyl (C=O) groups excluding carboxylic acids is 2. The van der Waals surface area contributed by atoms with E-state index < -0.39 is 0 Å². The van der Waals surface area contributed by atoms with Gasteiger partial charge >= 0.3 is 6.03 Å². The Balaban J connectivity index is 1.74. The van der Waals surface area contributed by atoms with E-state index in [1.54, 1.807) is 17.0 Å². The topological polar surface area (TPSA) is 52.7 Å². The predicted octanol–water partition coefficient (Wildman–Crippen LogP) is 0.825. The van der Waals surface area contributed by atoms with E-state index in [1.165, 1.54) is 0 Å². The number of amides is 3. The molecule has 2 fully saturated rings. The number of benzene rings is 1. The molecule has 3 rings (SSSR count). The molecule has 0 aromatic heterocycles. The fourth-order valence-electron chi connectivity index (χ4n) is 2.61. The molecule has 6 heteroatoms. The number of piperazine rings is 1. The van der Waals surface area contributed by atoms with E-state index in [0.717, 1.165) is 4.90 Å². The summed E-state index contributed by atoms with van der Waals surface area (Å²) in [5.74, 6) is 0.00917.